The molecule has 474 valence electrons. The molecule has 80 heavy (non-hydrogen) atoms. The summed E-state index contributed by atoms with van der Waals surface area (Å²) in [6.45, 7) is 6.74. The van der Waals surface area contributed by atoms with E-state index in [2.05, 4.69) is 32.9 Å². The van der Waals surface area contributed by atoms with Gasteiger partial charge < -0.3 is 14.2 Å². The van der Waals surface area contributed by atoms with Crippen molar-refractivity contribution in [2.24, 2.45) is 0 Å². The van der Waals surface area contributed by atoms with Crippen molar-refractivity contribution in [2.45, 2.75) is 431 Å². The lowest BCUT2D eigenvalue weighted by Gasteiger charge is -2.18. The minimum absolute atomic E-state index is 0.0640. The second kappa shape index (κ2) is 69.6. The SMILES string of the molecule is CCCCCCCC/C=C\CCCCCCCCCC(=O)OCC(COC(=O)CCCCCCCCCCCCCCCCCCCCCCCCCCC)OC(=O)CCCCCCCCCCCCCCCCCCCCCC. The van der Waals surface area contributed by atoms with E-state index in [4.69, 9.17) is 14.2 Å². The van der Waals surface area contributed by atoms with Gasteiger partial charge in [-0.2, -0.15) is 0 Å². The number of rotatable bonds is 69. The van der Waals surface area contributed by atoms with Crippen LogP contribution in [0.4, 0.5) is 0 Å². The van der Waals surface area contributed by atoms with Crippen LogP contribution in [0.15, 0.2) is 12.2 Å². The van der Waals surface area contributed by atoms with Crippen molar-refractivity contribution in [3.8, 4) is 0 Å². The van der Waals surface area contributed by atoms with Gasteiger partial charge in [0.15, 0.2) is 6.10 Å². The van der Waals surface area contributed by atoms with E-state index in [0.717, 1.165) is 57.8 Å². The third-order valence-corrected chi connectivity index (χ3v) is 17.0. The second-order valence-corrected chi connectivity index (χ2v) is 25.2. The molecule has 0 fully saturated rings. The van der Waals surface area contributed by atoms with E-state index in [0.29, 0.717) is 19.3 Å². The van der Waals surface area contributed by atoms with Crippen molar-refractivity contribution in [1.29, 1.82) is 0 Å². The largest absolute Gasteiger partial charge is 0.462 e. The first kappa shape index (κ1) is 78.1. The van der Waals surface area contributed by atoms with Gasteiger partial charge >= 0.3 is 17.9 Å². The van der Waals surface area contributed by atoms with Crippen molar-refractivity contribution >= 4 is 17.9 Å². The summed E-state index contributed by atoms with van der Waals surface area (Å²) in [5.41, 5.74) is 0. The molecule has 0 aliphatic heterocycles. The molecule has 0 aliphatic rings. The van der Waals surface area contributed by atoms with Crippen LogP contribution in [0.5, 0.6) is 0 Å². The van der Waals surface area contributed by atoms with E-state index in [-0.39, 0.29) is 31.1 Å². The van der Waals surface area contributed by atoms with Gasteiger partial charge in [0.25, 0.3) is 0 Å². The fraction of sp³-hybridized carbons (Fsp3) is 0.932. The summed E-state index contributed by atoms with van der Waals surface area (Å²) in [6, 6.07) is 0. The number of hydrogen-bond donors (Lipinski definition) is 0. The fourth-order valence-electron chi connectivity index (χ4n) is 11.5. The lowest BCUT2D eigenvalue weighted by atomic mass is 10.0. The molecule has 0 aromatic heterocycles. The molecule has 1 atom stereocenters. The zero-order valence-electron chi connectivity index (χ0n) is 54.6. The highest BCUT2D eigenvalue weighted by molar-refractivity contribution is 5.71. The van der Waals surface area contributed by atoms with Crippen molar-refractivity contribution in [2.75, 3.05) is 13.2 Å². The molecule has 0 saturated carbocycles. The van der Waals surface area contributed by atoms with Crippen LogP contribution in [0, 0.1) is 0 Å². The van der Waals surface area contributed by atoms with Gasteiger partial charge in [0.05, 0.1) is 0 Å². The van der Waals surface area contributed by atoms with Crippen LogP contribution in [0.1, 0.15) is 425 Å². The molecule has 1 unspecified atom stereocenters. The summed E-state index contributed by atoms with van der Waals surface area (Å²) >= 11 is 0. The number of unbranched alkanes of at least 4 members (excludes halogenated alkanes) is 56. The summed E-state index contributed by atoms with van der Waals surface area (Å²) < 4.78 is 17.0. The smallest absolute Gasteiger partial charge is 0.306 e. The lowest BCUT2D eigenvalue weighted by molar-refractivity contribution is -0.167. The predicted octanol–water partition coefficient (Wildman–Crippen LogP) is 25.2. The Hall–Kier alpha value is -1.85. The zero-order chi connectivity index (χ0) is 57.8. The van der Waals surface area contributed by atoms with Crippen molar-refractivity contribution < 1.29 is 28.6 Å². The monoisotopic (exact) mass is 1130 g/mol. The molecule has 0 heterocycles. The van der Waals surface area contributed by atoms with E-state index in [1.54, 1.807) is 0 Å². The maximum Gasteiger partial charge on any atom is 0.306 e. The number of carbonyl (C=O) groups is 3. The first-order valence-electron chi connectivity index (χ1n) is 36.7. The van der Waals surface area contributed by atoms with Gasteiger partial charge in [0, 0.05) is 19.3 Å². The van der Waals surface area contributed by atoms with Crippen LogP contribution < -0.4 is 0 Å². The van der Waals surface area contributed by atoms with Crippen molar-refractivity contribution in [1.82, 2.24) is 0 Å². The van der Waals surface area contributed by atoms with Gasteiger partial charge in [0.1, 0.15) is 13.2 Å². The third kappa shape index (κ3) is 66.9. The van der Waals surface area contributed by atoms with Crippen LogP contribution in [0.25, 0.3) is 0 Å². The topological polar surface area (TPSA) is 78.9 Å². The van der Waals surface area contributed by atoms with Crippen molar-refractivity contribution in [3.05, 3.63) is 12.2 Å². The molecule has 0 spiro atoms. The Morgan fingerprint density at radius 2 is 0.412 bits per heavy atom. The Morgan fingerprint density at radius 3 is 0.625 bits per heavy atom. The molecule has 0 N–H and O–H groups in total. The van der Waals surface area contributed by atoms with Gasteiger partial charge in [-0.3, -0.25) is 14.4 Å². The van der Waals surface area contributed by atoms with Crippen molar-refractivity contribution in [3.63, 3.8) is 0 Å². The molecular formula is C74H142O6. The standard InChI is InChI=1S/C74H142O6/c1-4-7-10-13-16-19-22-25-28-31-33-35-36-37-38-39-41-43-46-49-52-55-58-61-64-67-73(76)79-70-71(69-78-72(75)66-63-60-57-54-51-48-45-42-30-27-24-21-18-15-12-9-6-3)80-74(77)68-65-62-59-56-53-50-47-44-40-34-32-29-26-23-20-17-14-11-8-5-2/h27,30,71H,4-26,28-29,31-70H2,1-3H3/b30-27-. The van der Waals surface area contributed by atoms with Gasteiger partial charge in [-0.1, -0.05) is 373 Å². The molecule has 0 aromatic carbocycles. The Balaban J connectivity index is 4.25. The summed E-state index contributed by atoms with van der Waals surface area (Å²) in [4.78, 5) is 38.5. The molecule has 6 nitrogen and oxygen atoms in total. The van der Waals surface area contributed by atoms with E-state index >= 15 is 0 Å². The van der Waals surface area contributed by atoms with E-state index in [1.165, 1.54) is 327 Å². The summed E-state index contributed by atoms with van der Waals surface area (Å²) in [5, 5.41) is 0. The molecule has 0 radical (unpaired) electrons. The fourth-order valence-corrected chi connectivity index (χ4v) is 11.5. The molecule has 0 saturated heterocycles. The van der Waals surface area contributed by atoms with Crippen LogP contribution in [0.3, 0.4) is 0 Å². The normalized spacial score (nSPS) is 12.0. The quantitative estimate of drug-likeness (QED) is 0.0261. The second-order valence-electron chi connectivity index (χ2n) is 25.2. The summed E-state index contributed by atoms with van der Waals surface area (Å²) in [7, 11) is 0. The zero-order valence-corrected chi connectivity index (χ0v) is 54.6. The predicted molar refractivity (Wildman–Crippen MR) is 349 cm³/mol. The van der Waals surface area contributed by atoms with Gasteiger partial charge in [0.2, 0.25) is 0 Å². The molecule has 0 bridgehead atoms. The highest BCUT2D eigenvalue weighted by Crippen LogP contribution is 2.19. The number of carbonyl (C=O) groups excluding carboxylic acids is 3. The molecule has 6 heteroatoms. The Labute approximate surface area is 501 Å². The van der Waals surface area contributed by atoms with Gasteiger partial charge in [-0.15, -0.1) is 0 Å². The molecule has 0 aliphatic carbocycles. The minimum Gasteiger partial charge on any atom is -0.462 e. The number of hydrogen-bond acceptors (Lipinski definition) is 6. The van der Waals surface area contributed by atoms with E-state index in [1.807, 2.05) is 0 Å². The van der Waals surface area contributed by atoms with Crippen LogP contribution in [-0.2, 0) is 28.6 Å². The van der Waals surface area contributed by atoms with Crippen LogP contribution >= 0.6 is 0 Å². The van der Waals surface area contributed by atoms with Gasteiger partial charge in [-0.05, 0) is 44.9 Å². The Kier molecular flexibility index (Phi) is 68.0. The summed E-state index contributed by atoms with van der Waals surface area (Å²) in [6.07, 6.45) is 83.9. The molecular weight excluding hydrogens is 985 g/mol. The lowest BCUT2D eigenvalue weighted by Crippen LogP contribution is -2.30. The van der Waals surface area contributed by atoms with Gasteiger partial charge in [-0.25, -0.2) is 0 Å². The Morgan fingerprint density at radius 1 is 0.237 bits per heavy atom. The van der Waals surface area contributed by atoms with Crippen LogP contribution in [0.2, 0.25) is 0 Å². The highest BCUT2D eigenvalue weighted by Gasteiger charge is 2.20. The maximum atomic E-state index is 13.0. The number of allylic oxidation sites excluding steroid dienone is 2. The first-order chi connectivity index (χ1) is 39.5. The third-order valence-electron chi connectivity index (χ3n) is 17.0. The molecule has 0 rings (SSSR count). The summed E-state index contributed by atoms with van der Waals surface area (Å²) in [5.74, 6) is -0.830. The minimum atomic E-state index is -0.769. The molecule has 0 amide bonds. The van der Waals surface area contributed by atoms with Crippen LogP contribution in [-0.4, -0.2) is 37.2 Å². The Bertz CT molecular complexity index is 1250. The average molecular weight is 1130 g/mol. The highest BCUT2D eigenvalue weighted by atomic mass is 16.6. The number of esters is 3. The van der Waals surface area contributed by atoms with E-state index in [9.17, 15) is 14.4 Å². The first-order valence-corrected chi connectivity index (χ1v) is 36.7. The van der Waals surface area contributed by atoms with E-state index < -0.39 is 6.10 Å². The maximum absolute atomic E-state index is 13.0. The number of ether oxygens (including phenoxy) is 3. The average Bonchev–Trinajstić information content (AvgIpc) is 3.46. The molecule has 0 aromatic rings.